The van der Waals surface area contributed by atoms with Gasteiger partial charge in [-0.3, -0.25) is 9.36 Å². The zero-order chi connectivity index (χ0) is 24.9. The molecule has 8 nitrogen and oxygen atoms in total. The number of ketones is 1. The first kappa shape index (κ1) is 29.1. The maximum atomic E-state index is 12.8. The van der Waals surface area contributed by atoms with Crippen LogP contribution in [0, 0.1) is 11.8 Å². The molecule has 0 radical (unpaired) electrons. The van der Waals surface area contributed by atoms with E-state index in [-0.39, 0.29) is 54.1 Å². The third kappa shape index (κ3) is 8.21. The van der Waals surface area contributed by atoms with E-state index in [1.165, 1.54) is 14.2 Å². The van der Waals surface area contributed by atoms with Crippen molar-refractivity contribution in [2.45, 2.75) is 95.9 Å². The number of aliphatic hydroxyl groups excluding tert-OH is 1. The van der Waals surface area contributed by atoms with Crippen molar-refractivity contribution in [1.82, 2.24) is 0 Å². The summed E-state index contributed by atoms with van der Waals surface area (Å²) in [4.78, 5) is 12.8. The molecule has 0 aromatic rings. The van der Waals surface area contributed by atoms with E-state index in [0.29, 0.717) is 19.6 Å². The standard InChI is InChI=1S/C23H45O8PSi/c1-23(2,3)33(6,7)30-16-19-18(14-17(24)11-13-32(26,27-4)28-5)20(25)15-21(19)31-22-10-8-9-12-29-22/h18-22,25H,8-16H2,1-7H3/t18-,19-,20+,21-,22?/m1/s1. The SMILES string of the molecule is COP(=O)(CCC(=O)C[C@@H]1[C@@H](CO[Si](C)(C)C(C)(C)C)[C@H](OC2CCCCO2)C[C@@H]1O)OC. The summed E-state index contributed by atoms with van der Waals surface area (Å²) in [5, 5.41) is 11.0. The van der Waals surface area contributed by atoms with Crippen molar-refractivity contribution < 1.29 is 37.4 Å². The third-order valence-corrected chi connectivity index (χ3v) is 14.0. The Morgan fingerprint density at radius 3 is 2.36 bits per heavy atom. The van der Waals surface area contributed by atoms with E-state index in [0.717, 1.165) is 19.3 Å². The number of hydrogen-bond donors (Lipinski definition) is 1. The predicted molar refractivity (Wildman–Crippen MR) is 130 cm³/mol. The minimum absolute atomic E-state index is 0.0304. The summed E-state index contributed by atoms with van der Waals surface area (Å²) in [6, 6.07) is 0. The Balaban J connectivity index is 2.10. The number of rotatable bonds is 12. The fourth-order valence-electron chi connectivity index (χ4n) is 4.24. The molecule has 0 bridgehead atoms. The van der Waals surface area contributed by atoms with Crippen LogP contribution in [0.1, 0.15) is 59.3 Å². The van der Waals surface area contributed by atoms with Crippen LogP contribution in [0.3, 0.4) is 0 Å². The predicted octanol–water partition coefficient (Wildman–Crippen LogP) is 4.75. The summed E-state index contributed by atoms with van der Waals surface area (Å²) >= 11 is 0. The molecular formula is C23H45O8PSi. The lowest BCUT2D eigenvalue weighted by atomic mass is 9.89. The highest BCUT2D eigenvalue weighted by Gasteiger charge is 2.47. The number of ether oxygens (including phenoxy) is 2. The van der Waals surface area contributed by atoms with Crippen molar-refractivity contribution in [1.29, 1.82) is 0 Å². The lowest BCUT2D eigenvalue weighted by Gasteiger charge is -2.38. The minimum Gasteiger partial charge on any atom is -0.416 e. The van der Waals surface area contributed by atoms with Crippen molar-refractivity contribution in [3.05, 3.63) is 0 Å². The second kappa shape index (κ2) is 12.2. The van der Waals surface area contributed by atoms with Gasteiger partial charge in [0.25, 0.3) is 0 Å². The van der Waals surface area contributed by atoms with Gasteiger partial charge in [-0.25, -0.2) is 0 Å². The van der Waals surface area contributed by atoms with E-state index in [1.54, 1.807) is 0 Å². The molecule has 0 amide bonds. The average Bonchev–Trinajstić information content (AvgIpc) is 3.04. The van der Waals surface area contributed by atoms with Gasteiger partial charge in [0.05, 0.1) is 18.4 Å². The van der Waals surface area contributed by atoms with Crippen LogP contribution in [0.5, 0.6) is 0 Å². The summed E-state index contributed by atoms with van der Waals surface area (Å²) in [5.41, 5.74) is 0. The lowest BCUT2D eigenvalue weighted by Crippen LogP contribution is -2.44. The Labute approximate surface area is 200 Å². The van der Waals surface area contributed by atoms with Crippen LogP contribution in [0.15, 0.2) is 0 Å². The fourth-order valence-corrected chi connectivity index (χ4v) is 6.32. The molecule has 0 aromatic heterocycles. The quantitative estimate of drug-likeness (QED) is 0.298. The van der Waals surface area contributed by atoms with E-state index in [9.17, 15) is 14.5 Å². The summed E-state index contributed by atoms with van der Waals surface area (Å²) < 4.78 is 40.8. The molecule has 1 heterocycles. The van der Waals surface area contributed by atoms with Crippen LogP contribution in [0.4, 0.5) is 0 Å². The lowest BCUT2D eigenvalue weighted by molar-refractivity contribution is -0.197. The van der Waals surface area contributed by atoms with Crippen LogP contribution in [0.25, 0.3) is 0 Å². The van der Waals surface area contributed by atoms with Gasteiger partial charge in [0.2, 0.25) is 0 Å². The number of hydrogen-bond acceptors (Lipinski definition) is 8. The molecule has 1 N–H and O–H groups in total. The van der Waals surface area contributed by atoms with Gasteiger partial charge in [0, 0.05) is 52.6 Å². The van der Waals surface area contributed by atoms with Crippen molar-refractivity contribution in [3.63, 3.8) is 0 Å². The summed E-state index contributed by atoms with van der Waals surface area (Å²) in [7, 11) is -2.63. The van der Waals surface area contributed by atoms with Crippen LogP contribution in [-0.2, 0) is 32.3 Å². The van der Waals surface area contributed by atoms with E-state index in [2.05, 4.69) is 33.9 Å². The molecule has 194 valence electrons. The molecule has 2 fully saturated rings. The van der Waals surface area contributed by atoms with Gasteiger partial charge in [-0.2, -0.15) is 0 Å². The Bertz CT molecular complexity index is 666. The first-order valence-electron chi connectivity index (χ1n) is 12.1. The third-order valence-electron chi connectivity index (χ3n) is 7.59. The normalized spacial score (nSPS) is 29.4. The molecule has 1 aliphatic carbocycles. The molecule has 0 aromatic carbocycles. The zero-order valence-corrected chi connectivity index (χ0v) is 23.4. The summed E-state index contributed by atoms with van der Waals surface area (Å²) in [5.74, 6) is -0.458. The number of carbonyl (C=O) groups is 1. The van der Waals surface area contributed by atoms with E-state index in [1.807, 2.05) is 0 Å². The van der Waals surface area contributed by atoms with Gasteiger partial charge >= 0.3 is 7.60 Å². The van der Waals surface area contributed by atoms with Gasteiger partial charge in [-0.15, -0.1) is 0 Å². The molecule has 10 heteroatoms. The van der Waals surface area contributed by atoms with Gasteiger partial charge in [0.1, 0.15) is 5.78 Å². The maximum Gasteiger partial charge on any atom is 0.330 e. The highest BCUT2D eigenvalue weighted by atomic mass is 31.2. The Hall–Kier alpha value is -0.123. The van der Waals surface area contributed by atoms with Gasteiger partial charge in [0.15, 0.2) is 14.6 Å². The molecule has 1 unspecified atom stereocenters. The summed E-state index contributed by atoms with van der Waals surface area (Å²) in [6.07, 6.45) is 2.54. The summed E-state index contributed by atoms with van der Waals surface area (Å²) in [6.45, 7) is 12.1. The molecule has 1 saturated heterocycles. The molecule has 2 aliphatic rings. The van der Waals surface area contributed by atoms with E-state index in [4.69, 9.17) is 22.9 Å². The van der Waals surface area contributed by atoms with Crippen LogP contribution in [-0.4, -0.2) is 71.3 Å². The van der Waals surface area contributed by atoms with Crippen molar-refractivity contribution >= 4 is 21.7 Å². The Morgan fingerprint density at radius 2 is 1.82 bits per heavy atom. The average molecular weight is 509 g/mol. The molecule has 0 spiro atoms. The molecule has 5 atom stereocenters. The monoisotopic (exact) mass is 508 g/mol. The van der Waals surface area contributed by atoms with Gasteiger partial charge in [-0.1, -0.05) is 20.8 Å². The first-order chi connectivity index (χ1) is 15.3. The second-order valence-corrected chi connectivity index (χ2v) is 18.1. The van der Waals surface area contributed by atoms with Crippen molar-refractivity contribution in [2.24, 2.45) is 11.8 Å². The molecule has 33 heavy (non-hydrogen) atoms. The largest absolute Gasteiger partial charge is 0.416 e. The first-order valence-corrected chi connectivity index (χ1v) is 16.8. The topological polar surface area (TPSA) is 101 Å². The second-order valence-electron chi connectivity index (χ2n) is 10.9. The van der Waals surface area contributed by atoms with Crippen LogP contribution >= 0.6 is 7.60 Å². The fraction of sp³-hybridized carbons (Fsp3) is 0.957. The van der Waals surface area contributed by atoms with E-state index >= 15 is 0 Å². The van der Waals surface area contributed by atoms with Crippen LogP contribution in [0.2, 0.25) is 18.1 Å². The maximum absolute atomic E-state index is 12.8. The van der Waals surface area contributed by atoms with Crippen molar-refractivity contribution in [3.8, 4) is 0 Å². The molecule has 1 saturated carbocycles. The minimum atomic E-state index is -3.24. The van der Waals surface area contributed by atoms with E-state index < -0.39 is 22.0 Å². The number of carbonyl (C=O) groups excluding carboxylic acids is 1. The van der Waals surface area contributed by atoms with Crippen molar-refractivity contribution in [2.75, 3.05) is 33.6 Å². The number of aliphatic hydroxyl groups is 1. The highest BCUT2D eigenvalue weighted by Crippen LogP contribution is 2.47. The smallest absolute Gasteiger partial charge is 0.330 e. The van der Waals surface area contributed by atoms with Gasteiger partial charge < -0.3 is 28.1 Å². The highest BCUT2D eigenvalue weighted by molar-refractivity contribution is 7.53. The zero-order valence-electron chi connectivity index (χ0n) is 21.5. The molecular weight excluding hydrogens is 463 g/mol. The van der Waals surface area contributed by atoms with Crippen LogP contribution < -0.4 is 0 Å². The molecule has 1 aliphatic heterocycles. The Morgan fingerprint density at radius 1 is 1.15 bits per heavy atom. The van der Waals surface area contributed by atoms with Gasteiger partial charge in [-0.05, 0) is 43.3 Å². The molecule has 2 rings (SSSR count). The number of Topliss-reactive ketones (excluding diaryl/α,β-unsaturated/α-hetero) is 1. The Kier molecular flexibility index (Phi) is 10.8.